The Hall–Kier alpha value is 2.38. The average Bonchev–Trinajstić information content (AvgIpc) is 3.30. The molecule has 0 nitrogen and oxygen atoms in total. The summed E-state index contributed by atoms with van der Waals surface area (Å²) in [5, 5.41) is 0. The summed E-state index contributed by atoms with van der Waals surface area (Å²) in [5.41, 5.74) is 0. The van der Waals surface area contributed by atoms with Crippen LogP contribution in [0, 0.1) is 0 Å². The molecule has 402 valence electrons. The molecule has 0 aromatic carbocycles. The van der Waals surface area contributed by atoms with Gasteiger partial charge in [-0.2, -0.15) is 0 Å². The van der Waals surface area contributed by atoms with Gasteiger partial charge in [-0.3, -0.25) is 0 Å². The van der Waals surface area contributed by atoms with Crippen LogP contribution in [0.15, 0.2) is 0 Å². The molecule has 65 heavy (non-hydrogen) atoms. The van der Waals surface area contributed by atoms with Crippen molar-refractivity contribution in [2.45, 2.75) is 314 Å². The van der Waals surface area contributed by atoms with Crippen molar-refractivity contribution < 1.29 is 20.4 Å². The van der Waals surface area contributed by atoms with Gasteiger partial charge < -0.3 is 0 Å². The van der Waals surface area contributed by atoms with Crippen molar-refractivity contribution in [2.75, 3.05) is 73.9 Å². The zero-order valence-electron chi connectivity index (χ0n) is 48.3. The number of unbranched alkanes of at least 4 members (excludes halogenated alkanes) is 24. The second-order valence-electron chi connectivity index (χ2n) is 20.5. The predicted molar refractivity (Wildman–Crippen MR) is 326 cm³/mol. The first-order valence-electron chi connectivity index (χ1n) is 30.7. The van der Waals surface area contributed by atoms with Gasteiger partial charge in [0.05, 0.1) is 73.9 Å². The molecular formula is C60H136P4Pd+4. The van der Waals surface area contributed by atoms with E-state index in [-0.39, 0.29) is 52.1 Å². The first-order valence-corrected chi connectivity index (χ1v) is 39.2. The van der Waals surface area contributed by atoms with E-state index in [9.17, 15) is 0 Å². The maximum atomic E-state index is 2.32. The smallest absolute Gasteiger partial charge is 0.0571 e. The van der Waals surface area contributed by atoms with E-state index in [0.717, 1.165) is 0 Å². The van der Waals surface area contributed by atoms with E-state index in [0.29, 0.717) is 0 Å². The molecule has 0 heterocycles. The second kappa shape index (κ2) is 72.9. The van der Waals surface area contributed by atoms with E-state index >= 15 is 0 Å². The van der Waals surface area contributed by atoms with E-state index in [2.05, 4.69) is 83.1 Å². The summed E-state index contributed by atoms with van der Waals surface area (Å²) < 4.78 is 0. The zero-order chi connectivity index (χ0) is 48.3. The van der Waals surface area contributed by atoms with Crippen LogP contribution in [0.1, 0.15) is 314 Å². The van der Waals surface area contributed by atoms with Crippen molar-refractivity contribution >= 4 is 31.7 Å². The van der Waals surface area contributed by atoms with Crippen molar-refractivity contribution in [3.05, 3.63) is 0 Å². The third kappa shape index (κ3) is 70.7. The standard InChI is InChI=1S/4C15H33P.Pd/c4*1-4-7-10-13-16(14-11-8-5-2)15-12-9-6-3;/h4*4-15H2,1-3H3;/p+4. The van der Waals surface area contributed by atoms with Crippen LogP contribution in [0.5, 0.6) is 0 Å². The summed E-state index contributed by atoms with van der Waals surface area (Å²) in [6.07, 6.45) is 71.7. The third-order valence-electron chi connectivity index (χ3n) is 13.6. The minimum absolute atomic E-state index is 0. The topological polar surface area (TPSA) is 0 Å². The van der Waals surface area contributed by atoms with Crippen molar-refractivity contribution in [1.82, 2.24) is 0 Å². The van der Waals surface area contributed by atoms with Gasteiger partial charge in [0.2, 0.25) is 0 Å². The molecule has 0 aromatic rings. The molecule has 0 aliphatic rings. The largest absolute Gasteiger partial charge is 0.0654 e. The number of hydrogen-bond acceptors (Lipinski definition) is 0. The Morgan fingerprint density at radius 3 is 0.277 bits per heavy atom. The van der Waals surface area contributed by atoms with Crippen LogP contribution in [0.25, 0.3) is 0 Å². The molecule has 0 rings (SSSR count). The van der Waals surface area contributed by atoms with Gasteiger partial charge in [-0.05, 0) is 77.0 Å². The Bertz CT molecular complexity index is 523. The van der Waals surface area contributed by atoms with Crippen molar-refractivity contribution in [3.8, 4) is 0 Å². The first kappa shape index (κ1) is 76.3. The molecule has 0 saturated carbocycles. The molecule has 0 atom stereocenters. The molecule has 0 spiro atoms. The summed E-state index contributed by atoms with van der Waals surface area (Å²) in [4.78, 5) is 0. The zero-order valence-corrected chi connectivity index (χ0v) is 53.8. The molecule has 0 bridgehead atoms. The van der Waals surface area contributed by atoms with Crippen LogP contribution in [-0.2, 0) is 20.4 Å². The summed E-state index contributed by atoms with van der Waals surface area (Å²) in [7, 11) is 0.152. The molecule has 0 aliphatic carbocycles. The van der Waals surface area contributed by atoms with Crippen molar-refractivity contribution in [1.29, 1.82) is 0 Å². The van der Waals surface area contributed by atoms with Gasteiger partial charge in [0.25, 0.3) is 0 Å². The van der Waals surface area contributed by atoms with Crippen molar-refractivity contribution in [2.24, 2.45) is 0 Å². The van der Waals surface area contributed by atoms with Gasteiger partial charge in [-0.25, -0.2) is 0 Å². The SMILES string of the molecule is CCCCC[PH+](CCCCC)CCCCC.CCCCC[PH+](CCCCC)CCCCC.CCCCC[PH+](CCCCC)CCCCC.CCCCC[PH+](CCCCC)CCCCC.[Pd]. The van der Waals surface area contributed by atoms with E-state index in [1.807, 2.05) is 0 Å². The number of hydrogen-bond donors (Lipinski definition) is 0. The minimum atomic E-state index is 0. The molecule has 0 fully saturated rings. The van der Waals surface area contributed by atoms with Gasteiger partial charge >= 0.3 is 0 Å². The summed E-state index contributed by atoms with van der Waals surface area (Å²) in [6, 6.07) is 0. The van der Waals surface area contributed by atoms with Crippen LogP contribution in [-0.4, -0.2) is 73.9 Å². The third-order valence-corrected chi connectivity index (χ3v) is 26.3. The molecule has 0 aliphatic heterocycles. The second-order valence-corrected chi connectivity index (χ2v) is 32.5. The van der Waals surface area contributed by atoms with Crippen molar-refractivity contribution in [3.63, 3.8) is 0 Å². The first-order chi connectivity index (χ1) is 31.4. The van der Waals surface area contributed by atoms with E-state index in [1.54, 1.807) is 73.9 Å². The minimum Gasteiger partial charge on any atom is -0.0654 e. The van der Waals surface area contributed by atoms with Gasteiger partial charge in [0.15, 0.2) is 0 Å². The normalized spacial score (nSPS) is 11.1. The molecular weight excluding hydrogens is 951 g/mol. The van der Waals surface area contributed by atoms with Gasteiger partial charge in [-0.15, -0.1) is 0 Å². The molecule has 0 amide bonds. The van der Waals surface area contributed by atoms with E-state index in [1.165, 1.54) is 231 Å². The monoisotopic (exact) mass is 1090 g/mol. The summed E-state index contributed by atoms with van der Waals surface area (Å²) in [6.45, 7) is 27.8. The molecule has 0 saturated heterocycles. The maximum Gasteiger partial charge on any atom is 0.0571 e. The Morgan fingerprint density at radius 1 is 0.138 bits per heavy atom. The predicted octanol–water partition coefficient (Wildman–Crippen LogP) is 23.1. The average molecular weight is 1090 g/mol. The van der Waals surface area contributed by atoms with E-state index < -0.39 is 0 Å². The van der Waals surface area contributed by atoms with E-state index in [4.69, 9.17) is 0 Å². The Kier molecular flexibility index (Phi) is 85.6. The van der Waals surface area contributed by atoms with Gasteiger partial charge in [0.1, 0.15) is 0 Å². The van der Waals surface area contributed by atoms with Crippen LogP contribution in [0.4, 0.5) is 0 Å². The molecule has 0 N–H and O–H groups in total. The van der Waals surface area contributed by atoms with Crippen LogP contribution >= 0.6 is 31.7 Å². The molecule has 0 aromatic heterocycles. The van der Waals surface area contributed by atoms with Crippen LogP contribution < -0.4 is 0 Å². The molecule has 5 heteroatoms. The summed E-state index contributed by atoms with van der Waals surface area (Å²) >= 11 is 0. The fraction of sp³-hybridized carbons (Fsp3) is 1.00. The molecule has 0 radical (unpaired) electrons. The Labute approximate surface area is 437 Å². The summed E-state index contributed by atoms with van der Waals surface area (Å²) in [5.74, 6) is 0. The Morgan fingerprint density at radius 2 is 0.215 bits per heavy atom. The fourth-order valence-corrected chi connectivity index (χ4v) is 21.0. The maximum absolute atomic E-state index is 2.32. The van der Waals surface area contributed by atoms with Crippen LogP contribution in [0.2, 0.25) is 0 Å². The van der Waals surface area contributed by atoms with Crippen LogP contribution in [0.3, 0.4) is 0 Å². The quantitative estimate of drug-likeness (QED) is 0.0324. The molecule has 0 unspecified atom stereocenters. The van der Waals surface area contributed by atoms with Gasteiger partial charge in [-0.1, -0.05) is 237 Å². The fourth-order valence-electron chi connectivity index (χ4n) is 9.00. The van der Waals surface area contributed by atoms with Gasteiger partial charge in [0, 0.05) is 52.1 Å². The Balaban J connectivity index is -0.000000245. The number of rotatable bonds is 48.